The van der Waals surface area contributed by atoms with Crippen LogP contribution < -0.4 is 11.3 Å². The van der Waals surface area contributed by atoms with Gasteiger partial charge in [-0.25, -0.2) is 0 Å². The van der Waals surface area contributed by atoms with E-state index in [1.165, 1.54) is 15.9 Å². The van der Waals surface area contributed by atoms with Crippen LogP contribution in [-0.4, -0.2) is 15.5 Å². The Morgan fingerprint density at radius 3 is 2.89 bits per heavy atom. The number of hydrogen-bond donors (Lipinski definition) is 2. The zero-order valence-electron chi connectivity index (χ0n) is 10.0. The fourth-order valence-electron chi connectivity index (χ4n) is 1.59. The Morgan fingerprint density at radius 1 is 1.61 bits per heavy atom. The largest absolute Gasteiger partial charge is 0.369 e. The molecule has 0 atom stereocenters. The molecule has 5 nitrogen and oxygen atoms in total. The minimum Gasteiger partial charge on any atom is -0.369 e. The zero-order chi connectivity index (χ0) is 13.5. The summed E-state index contributed by atoms with van der Waals surface area (Å²) in [6.07, 6.45) is 0. The summed E-state index contributed by atoms with van der Waals surface area (Å²) in [6, 6.07) is 1.81. The maximum atomic E-state index is 12.2. The second-order valence-electron chi connectivity index (χ2n) is 4.73. The SMILES string of the molecule is CC(C)(Cn1c(=S)[nH]c2ccsc2c1=O)C(N)=O. The first-order valence-electron chi connectivity index (χ1n) is 5.33. The lowest BCUT2D eigenvalue weighted by molar-refractivity contribution is -0.126. The van der Waals surface area contributed by atoms with Crippen molar-refractivity contribution in [1.29, 1.82) is 0 Å². The van der Waals surface area contributed by atoms with E-state index in [2.05, 4.69) is 4.98 Å². The molecule has 0 aliphatic rings. The summed E-state index contributed by atoms with van der Waals surface area (Å²) in [5.41, 5.74) is 5.03. The fourth-order valence-corrected chi connectivity index (χ4v) is 2.64. The lowest BCUT2D eigenvalue weighted by Gasteiger charge is -2.21. The fraction of sp³-hybridized carbons (Fsp3) is 0.364. The van der Waals surface area contributed by atoms with Crippen LogP contribution in [0.4, 0.5) is 0 Å². The molecule has 0 aromatic carbocycles. The Kier molecular flexibility index (Phi) is 3.12. The average Bonchev–Trinajstić information content (AvgIpc) is 2.72. The highest BCUT2D eigenvalue weighted by molar-refractivity contribution is 7.71. The molecule has 0 radical (unpaired) electrons. The Balaban J connectivity index is 2.62. The first-order valence-corrected chi connectivity index (χ1v) is 6.62. The van der Waals surface area contributed by atoms with E-state index in [9.17, 15) is 9.59 Å². The number of hydrogen-bond acceptors (Lipinski definition) is 4. The highest BCUT2D eigenvalue weighted by atomic mass is 32.1. The number of fused-ring (bicyclic) bond motifs is 1. The van der Waals surface area contributed by atoms with Crippen molar-refractivity contribution in [2.45, 2.75) is 20.4 Å². The Labute approximate surface area is 112 Å². The molecule has 0 bridgehead atoms. The second kappa shape index (κ2) is 4.33. The van der Waals surface area contributed by atoms with Crippen molar-refractivity contribution in [3.63, 3.8) is 0 Å². The van der Waals surface area contributed by atoms with Crippen LogP contribution in [0.2, 0.25) is 0 Å². The van der Waals surface area contributed by atoms with Crippen LogP contribution in [-0.2, 0) is 11.3 Å². The van der Waals surface area contributed by atoms with Crippen molar-refractivity contribution in [3.05, 3.63) is 26.6 Å². The lowest BCUT2D eigenvalue weighted by atomic mass is 9.93. The number of nitrogens with one attached hydrogen (secondary N) is 1. The molecule has 18 heavy (non-hydrogen) atoms. The van der Waals surface area contributed by atoms with Crippen LogP contribution in [0.1, 0.15) is 13.8 Å². The van der Waals surface area contributed by atoms with E-state index in [0.717, 1.165) is 5.52 Å². The highest BCUT2D eigenvalue weighted by Gasteiger charge is 2.26. The normalized spacial score (nSPS) is 11.9. The second-order valence-corrected chi connectivity index (χ2v) is 6.04. The van der Waals surface area contributed by atoms with Crippen LogP contribution >= 0.6 is 23.6 Å². The molecule has 2 heterocycles. The van der Waals surface area contributed by atoms with Gasteiger partial charge in [0.25, 0.3) is 5.56 Å². The van der Waals surface area contributed by atoms with Crippen LogP contribution in [0, 0.1) is 10.2 Å². The number of aromatic amines is 1. The van der Waals surface area contributed by atoms with Gasteiger partial charge < -0.3 is 10.7 Å². The van der Waals surface area contributed by atoms with E-state index >= 15 is 0 Å². The monoisotopic (exact) mass is 283 g/mol. The topological polar surface area (TPSA) is 80.9 Å². The third kappa shape index (κ3) is 2.11. The van der Waals surface area contributed by atoms with E-state index < -0.39 is 11.3 Å². The summed E-state index contributed by atoms with van der Waals surface area (Å²) in [5.74, 6) is -0.463. The summed E-state index contributed by atoms with van der Waals surface area (Å²) >= 11 is 6.49. The molecule has 1 amide bonds. The Hall–Kier alpha value is -1.47. The number of amides is 1. The molecular formula is C11H13N3O2S2. The van der Waals surface area contributed by atoms with Gasteiger partial charge in [-0.15, -0.1) is 11.3 Å². The standard InChI is InChI=1S/C11H13N3O2S2/c1-11(2,9(12)16)5-14-8(15)7-6(3-4-18-7)13-10(14)17/h3-4H,5H2,1-2H3,(H2,12,16)(H,13,17). The number of primary amides is 1. The minimum absolute atomic E-state index is 0.171. The van der Waals surface area contributed by atoms with E-state index in [1.807, 2.05) is 5.38 Å². The first-order chi connectivity index (χ1) is 8.33. The van der Waals surface area contributed by atoms with Crippen molar-refractivity contribution in [1.82, 2.24) is 9.55 Å². The molecule has 0 spiro atoms. The maximum Gasteiger partial charge on any atom is 0.272 e. The predicted molar refractivity (Wildman–Crippen MR) is 74.2 cm³/mol. The van der Waals surface area contributed by atoms with Crippen LogP contribution in [0.5, 0.6) is 0 Å². The van der Waals surface area contributed by atoms with Gasteiger partial charge in [-0.3, -0.25) is 14.2 Å². The van der Waals surface area contributed by atoms with Gasteiger partial charge in [-0.05, 0) is 37.5 Å². The van der Waals surface area contributed by atoms with Crippen LogP contribution in [0.15, 0.2) is 16.2 Å². The van der Waals surface area contributed by atoms with Crippen molar-refractivity contribution < 1.29 is 4.79 Å². The van der Waals surface area contributed by atoms with Crippen LogP contribution in [0.25, 0.3) is 10.2 Å². The Morgan fingerprint density at radius 2 is 2.28 bits per heavy atom. The van der Waals surface area contributed by atoms with Gasteiger partial charge in [0.15, 0.2) is 4.77 Å². The third-order valence-corrected chi connectivity index (χ3v) is 4.04. The Bertz CT molecular complexity index is 724. The van der Waals surface area contributed by atoms with Gasteiger partial charge in [0.05, 0.1) is 10.9 Å². The van der Waals surface area contributed by atoms with E-state index in [4.69, 9.17) is 18.0 Å². The number of nitrogens with zero attached hydrogens (tertiary/aromatic N) is 1. The smallest absolute Gasteiger partial charge is 0.272 e. The van der Waals surface area contributed by atoms with Gasteiger partial charge in [-0.1, -0.05) is 0 Å². The number of thiophene rings is 1. The van der Waals surface area contributed by atoms with Gasteiger partial charge >= 0.3 is 0 Å². The van der Waals surface area contributed by atoms with Crippen molar-refractivity contribution in [2.75, 3.05) is 0 Å². The molecule has 3 N–H and O–H groups in total. The van der Waals surface area contributed by atoms with Gasteiger partial charge in [0.2, 0.25) is 5.91 Å². The maximum absolute atomic E-state index is 12.2. The number of carbonyl (C=O) groups excluding carboxylic acids is 1. The summed E-state index contributed by atoms with van der Waals surface area (Å²) in [4.78, 5) is 26.5. The summed E-state index contributed by atoms with van der Waals surface area (Å²) in [7, 11) is 0. The van der Waals surface area contributed by atoms with Gasteiger partial charge in [0, 0.05) is 6.54 Å². The van der Waals surface area contributed by atoms with Gasteiger partial charge in [0.1, 0.15) is 4.70 Å². The van der Waals surface area contributed by atoms with E-state index in [1.54, 1.807) is 19.9 Å². The lowest BCUT2D eigenvalue weighted by Crippen LogP contribution is -2.38. The molecule has 0 saturated heterocycles. The minimum atomic E-state index is -0.823. The molecule has 0 unspecified atom stereocenters. The first kappa shape index (κ1) is 13.0. The predicted octanol–water partition coefficient (Wildman–Crippen LogP) is 1.63. The zero-order valence-corrected chi connectivity index (χ0v) is 11.7. The van der Waals surface area contributed by atoms with E-state index in [-0.39, 0.29) is 12.1 Å². The number of H-pyrrole nitrogens is 1. The molecule has 2 aromatic rings. The van der Waals surface area contributed by atoms with Crippen LogP contribution in [0.3, 0.4) is 0 Å². The van der Waals surface area contributed by atoms with Crippen molar-refractivity contribution >= 4 is 39.7 Å². The molecule has 2 aromatic heterocycles. The number of rotatable bonds is 3. The number of aromatic nitrogens is 2. The third-order valence-electron chi connectivity index (χ3n) is 2.81. The molecule has 0 fully saturated rings. The average molecular weight is 283 g/mol. The van der Waals surface area contributed by atoms with E-state index in [0.29, 0.717) is 9.47 Å². The summed E-state index contributed by atoms with van der Waals surface area (Å²) in [6.45, 7) is 3.55. The summed E-state index contributed by atoms with van der Waals surface area (Å²) in [5, 5.41) is 1.82. The molecule has 0 aliphatic carbocycles. The molecule has 7 heteroatoms. The quantitative estimate of drug-likeness (QED) is 0.840. The highest BCUT2D eigenvalue weighted by Crippen LogP contribution is 2.19. The van der Waals surface area contributed by atoms with Crippen molar-refractivity contribution in [3.8, 4) is 0 Å². The number of carbonyl (C=O) groups is 1. The molecule has 2 rings (SSSR count). The molecule has 96 valence electrons. The van der Waals surface area contributed by atoms with Crippen molar-refractivity contribution in [2.24, 2.45) is 11.1 Å². The number of nitrogens with two attached hydrogens (primary N) is 1. The molecular weight excluding hydrogens is 270 g/mol. The van der Waals surface area contributed by atoms with Gasteiger partial charge in [-0.2, -0.15) is 0 Å². The molecule has 0 aliphatic heterocycles. The molecule has 0 saturated carbocycles. The summed E-state index contributed by atoms with van der Waals surface area (Å²) < 4.78 is 2.29.